The zero-order valence-corrected chi connectivity index (χ0v) is 11.2. The summed E-state index contributed by atoms with van der Waals surface area (Å²) in [5.74, 6) is 1.41. The Morgan fingerprint density at radius 3 is 2.63 bits per heavy atom. The number of ether oxygens (including phenoxy) is 1. The molecule has 0 saturated carbocycles. The first-order valence-corrected chi connectivity index (χ1v) is 6.21. The van der Waals surface area contributed by atoms with E-state index >= 15 is 0 Å². The molecule has 1 atom stereocenters. The number of hydrogen-bond acceptors (Lipinski definition) is 5. The number of aromatic nitrogens is 4. The van der Waals surface area contributed by atoms with E-state index in [0.29, 0.717) is 18.7 Å². The van der Waals surface area contributed by atoms with E-state index in [1.165, 1.54) is 10.4 Å². The standard InChI is InChI=1S/C13H18N4O2/c1-17-15-13(14-16-17)9-11(18)6-3-10-4-7-12(19-2)8-5-10/h4-5,7-8,11,18H,3,6,9H2,1-2H3. The Bertz CT molecular complexity index is 510. The summed E-state index contributed by atoms with van der Waals surface area (Å²) >= 11 is 0. The second kappa shape index (κ2) is 6.29. The third-order valence-electron chi connectivity index (χ3n) is 2.89. The Hall–Kier alpha value is -1.95. The van der Waals surface area contributed by atoms with Crippen molar-refractivity contribution in [2.45, 2.75) is 25.4 Å². The van der Waals surface area contributed by atoms with Gasteiger partial charge in [0.15, 0.2) is 5.82 Å². The molecule has 6 nitrogen and oxygen atoms in total. The zero-order chi connectivity index (χ0) is 13.7. The van der Waals surface area contributed by atoms with Crippen molar-refractivity contribution in [2.24, 2.45) is 7.05 Å². The quantitative estimate of drug-likeness (QED) is 0.832. The number of aryl methyl sites for hydroxylation is 2. The molecule has 6 heteroatoms. The molecule has 1 heterocycles. The van der Waals surface area contributed by atoms with Crippen molar-refractivity contribution in [1.29, 1.82) is 0 Å². The molecule has 2 aromatic rings. The van der Waals surface area contributed by atoms with E-state index in [1.54, 1.807) is 14.2 Å². The van der Waals surface area contributed by atoms with E-state index in [2.05, 4.69) is 15.4 Å². The molecule has 19 heavy (non-hydrogen) atoms. The summed E-state index contributed by atoms with van der Waals surface area (Å²) in [6, 6.07) is 7.86. The molecule has 1 aromatic heterocycles. The van der Waals surface area contributed by atoms with Gasteiger partial charge < -0.3 is 9.84 Å². The second-order valence-electron chi connectivity index (χ2n) is 4.44. The molecular formula is C13H18N4O2. The van der Waals surface area contributed by atoms with E-state index in [9.17, 15) is 5.11 Å². The van der Waals surface area contributed by atoms with Crippen LogP contribution < -0.4 is 4.74 Å². The fraction of sp³-hybridized carbons (Fsp3) is 0.462. The number of methoxy groups -OCH3 is 1. The Morgan fingerprint density at radius 1 is 1.32 bits per heavy atom. The van der Waals surface area contributed by atoms with Crippen LogP contribution in [0.4, 0.5) is 0 Å². The van der Waals surface area contributed by atoms with Gasteiger partial charge in [0.05, 0.1) is 20.3 Å². The van der Waals surface area contributed by atoms with Crippen molar-refractivity contribution in [1.82, 2.24) is 20.2 Å². The number of nitrogens with zero attached hydrogens (tertiary/aromatic N) is 4. The van der Waals surface area contributed by atoms with Crippen LogP contribution >= 0.6 is 0 Å². The summed E-state index contributed by atoms with van der Waals surface area (Å²) in [6.07, 6.45) is 1.46. The highest BCUT2D eigenvalue weighted by Crippen LogP contribution is 2.13. The van der Waals surface area contributed by atoms with Crippen molar-refractivity contribution >= 4 is 0 Å². The van der Waals surface area contributed by atoms with Gasteiger partial charge in [0, 0.05) is 6.42 Å². The average Bonchev–Trinajstić information content (AvgIpc) is 2.82. The van der Waals surface area contributed by atoms with Crippen molar-refractivity contribution in [3.8, 4) is 5.75 Å². The van der Waals surface area contributed by atoms with Gasteiger partial charge in [-0.05, 0) is 35.8 Å². The molecular weight excluding hydrogens is 244 g/mol. The largest absolute Gasteiger partial charge is 0.497 e. The minimum Gasteiger partial charge on any atom is -0.497 e. The van der Waals surface area contributed by atoms with Crippen LogP contribution in [0, 0.1) is 0 Å². The summed E-state index contributed by atoms with van der Waals surface area (Å²) < 4.78 is 5.10. The highest BCUT2D eigenvalue weighted by molar-refractivity contribution is 5.27. The van der Waals surface area contributed by atoms with Crippen molar-refractivity contribution in [3.63, 3.8) is 0 Å². The highest BCUT2D eigenvalue weighted by atomic mass is 16.5. The van der Waals surface area contributed by atoms with E-state index in [-0.39, 0.29) is 0 Å². The summed E-state index contributed by atoms with van der Waals surface area (Å²) in [5.41, 5.74) is 1.17. The molecule has 2 rings (SSSR count). The van der Waals surface area contributed by atoms with Crippen molar-refractivity contribution in [3.05, 3.63) is 35.7 Å². The number of benzene rings is 1. The Labute approximate surface area is 112 Å². The van der Waals surface area contributed by atoms with Crippen LogP contribution in [0.5, 0.6) is 5.75 Å². The molecule has 0 bridgehead atoms. The number of rotatable bonds is 6. The number of tetrazole rings is 1. The van der Waals surface area contributed by atoms with E-state index in [4.69, 9.17) is 4.74 Å². The minimum absolute atomic E-state index is 0.435. The fourth-order valence-electron chi connectivity index (χ4n) is 1.84. The van der Waals surface area contributed by atoms with Gasteiger partial charge in [-0.25, -0.2) is 0 Å². The predicted octanol–water partition coefficient (Wildman–Crippen LogP) is 0.755. The lowest BCUT2D eigenvalue weighted by Crippen LogP contribution is -2.13. The topological polar surface area (TPSA) is 73.1 Å². The number of aliphatic hydroxyl groups is 1. The fourth-order valence-corrected chi connectivity index (χ4v) is 1.84. The molecule has 0 saturated heterocycles. The molecule has 0 aliphatic rings. The first-order chi connectivity index (χ1) is 9.17. The zero-order valence-electron chi connectivity index (χ0n) is 11.2. The van der Waals surface area contributed by atoms with Gasteiger partial charge in [-0.3, -0.25) is 0 Å². The maximum absolute atomic E-state index is 9.93. The summed E-state index contributed by atoms with van der Waals surface area (Å²) in [5, 5.41) is 21.6. The maximum atomic E-state index is 9.93. The monoisotopic (exact) mass is 262 g/mol. The average molecular weight is 262 g/mol. The summed E-state index contributed by atoms with van der Waals surface area (Å²) in [7, 11) is 3.35. The van der Waals surface area contributed by atoms with Crippen molar-refractivity contribution < 1.29 is 9.84 Å². The van der Waals surface area contributed by atoms with Gasteiger partial charge in [-0.15, -0.1) is 10.2 Å². The third-order valence-corrected chi connectivity index (χ3v) is 2.89. The van der Waals surface area contributed by atoms with Gasteiger partial charge in [0.2, 0.25) is 0 Å². The molecule has 0 amide bonds. The Balaban J connectivity index is 1.80. The van der Waals surface area contributed by atoms with Crippen LogP contribution in [0.25, 0.3) is 0 Å². The first-order valence-electron chi connectivity index (χ1n) is 6.21. The molecule has 102 valence electrons. The Kier molecular flexibility index (Phi) is 4.46. The van der Waals surface area contributed by atoms with Crippen LogP contribution in [0.2, 0.25) is 0 Å². The van der Waals surface area contributed by atoms with Gasteiger partial charge in [-0.2, -0.15) is 4.80 Å². The molecule has 1 N–H and O–H groups in total. The number of aliphatic hydroxyl groups excluding tert-OH is 1. The molecule has 0 radical (unpaired) electrons. The molecule has 1 aromatic carbocycles. The minimum atomic E-state index is -0.452. The lowest BCUT2D eigenvalue weighted by Gasteiger charge is -2.08. The maximum Gasteiger partial charge on any atom is 0.177 e. The normalized spacial score (nSPS) is 12.4. The van der Waals surface area contributed by atoms with Crippen LogP contribution in [0.3, 0.4) is 0 Å². The summed E-state index contributed by atoms with van der Waals surface area (Å²) in [6.45, 7) is 0. The van der Waals surface area contributed by atoms with Crippen LogP contribution in [0.1, 0.15) is 17.8 Å². The van der Waals surface area contributed by atoms with Gasteiger partial charge in [0.25, 0.3) is 0 Å². The molecule has 1 unspecified atom stereocenters. The van der Waals surface area contributed by atoms with Crippen LogP contribution in [-0.4, -0.2) is 38.5 Å². The van der Waals surface area contributed by atoms with Gasteiger partial charge in [0.1, 0.15) is 5.75 Å². The van der Waals surface area contributed by atoms with Crippen LogP contribution in [0.15, 0.2) is 24.3 Å². The molecule has 0 fully saturated rings. The van der Waals surface area contributed by atoms with Crippen LogP contribution in [-0.2, 0) is 19.9 Å². The van der Waals surface area contributed by atoms with Crippen molar-refractivity contribution in [2.75, 3.05) is 7.11 Å². The lowest BCUT2D eigenvalue weighted by atomic mass is 10.0. The SMILES string of the molecule is COc1ccc(CCC(O)Cc2nnn(C)n2)cc1. The third kappa shape index (κ3) is 4.03. The molecule has 0 aliphatic carbocycles. The Morgan fingerprint density at radius 2 is 2.05 bits per heavy atom. The number of hydrogen-bond donors (Lipinski definition) is 1. The van der Waals surface area contributed by atoms with E-state index in [1.807, 2.05) is 24.3 Å². The summed E-state index contributed by atoms with van der Waals surface area (Å²) in [4.78, 5) is 1.39. The molecule has 0 aliphatic heterocycles. The molecule has 0 spiro atoms. The smallest absolute Gasteiger partial charge is 0.177 e. The predicted molar refractivity (Wildman–Crippen MR) is 69.8 cm³/mol. The van der Waals surface area contributed by atoms with E-state index < -0.39 is 6.10 Å². The first kappa shape index (κ1) is 13.5. The van der Waals surface area contributed by atoms with Gasteiger partial charge in [-0.1, -0.05) is 12.1 Å². The highest BCUT2D eigenvalue weighted by Gasteiger charge is 2.10. The second-order valence-corrected chi connectivity index (χ2v) is 4.44. The lowest BCUT2D eigenvalue weighted by molar-refractivity contribution is 0.162. The van der Waals surface area contributed by atoms with Gasteiger partial charge >= 0.3 is 0 Å². The van der Waals surface area contributed by atoms with E-state index in [0.717, 1.165) is 12.2 Å².